The molecule has 170 valence electrons. The number of halogens is 5. The van der Waals surface area contributed by atoms with Gasteiger partial charge < -0.3 is 0 Å². The van der Waals surface area contributed by atoms with Crippen LogP contribution in [0.25, 0.3) is 6.08 Å². The molecule has 9 heteroatoms. The summed E-state index contributed by atoms with van der Waals surface area (Å²) in [5.74, 6) is -2.77. The van der Waals surface area contributed by atoms with Crippen molar-refractivity contribution in [2.24, 2.45) is 0 Å². The molecule has 0 spiro atoms. The van der Waals surface area contributed by atoms with Crippen molar-refractivity contribution < 1.29 is 22.8 Å². The fraction of sp³-hybridized carbons (Fsp3) is 0.120. The maximum Gasteiger partial charge on any atom is 0.399 e. The van der Waals surface area contributed by atoms with E-state index < -0.39 is 23.9 Å². The molecule has 34 heavy (non-hydrogen) atoms. The van der Waals surface area contributed by atoms with Crippen molar-refractivity contribution in [1.82, 2.24) is 4.90 Å². The number of nitrogens with zero attached hydrogens (tertiary/aromatic N) is 1. The van der Waals surface area contributed by atoms with Gasteiger partial charge in [0.15, 0.2) is 0 Å². The summed E-state index contributed by atoms with van der Waals surface area (Å²) in [5.41, 5.74) is 1.73. The number of rotatable bonds is 5. The van der Waals surface area contributed by atoms with Crippen LogP contribution in [0.1, 0.15) is 43.3 Å². The lowest BCUT2D eigenvalue weighted by atomic mass is 9.88. The molecule has 2 radical (unpaired) electrons. The number of alkyl halides is 3. The van der Waals surface area contributed by atoms with E-state index in [0.717, 1.165) is 11.0 Å². The molecule has 0 saturated carbocycles. The van der Waals surface area contributed by atoms with Crippen molar-refractivity contribution in [3.63, 3.8) is 0 Å². The van der Waals surface area contributed by atoms with Crippen LogP contribution in [0, 0.1) is 0 Å². The Morgan fingerprint density at radius 1 is 0.912 bits per heavy atom. The predicted octanol–water partition coefficient (Wildman–Crippen LogP) is 5.94. The molecule has 1 atom stereocenters. The van der Waals surface area contributed by atoms with Crippen molar-refractivity contribution in [3.05, 3.63) is 105 Å². The topological polar surface area (TPSA) is 37.4 Å². The molecule has 0 bridgehead atoms. The van der Waals surface area contributed by atoms with Crippen molar-refractivity contribution in [2.75, 3.05) is 0 Å². The molecule has 1 aliphatic heterocycles. The molecule has 2 amide bonds. The summed E-state index contributed by atoms with van der Waals surface area (Å²) in [7, 11) is 6.10. The third-order valence-electron chi connectivity index (χ3n) is 5.45. The molecule has 1 aliphatic rings. The molecule has 0 aliphatic carbocycles. The molecule has 4 rings (SSSR count). The van der Waals surface area contributed by atoms with E-state index in [9.17, 15) is 22.8 Å². The zero-order valence-corrected chi connectivity index (χ0v) is 19.0. The van der Waals surface area contributed by atoms with E-state index in [0.29, 0.717) is 22.3 Å². The van der Waals surface area contributed by atoms with Gasteiger partial charge in [0.05, 0.1) is 23.6 Å². The van der Waals surface area contributed by atoms with Crippen molar-refractivity contribution >= 4 is 54.4 Å². The van der Waals surface area contributed by atoms with E-state index in [4.69, 9.17) is 31.0 Å². The highest BCUT2D eigenvalue weighted by Gasteiger charge is 2.39. The number of imide groups is 1. The maximum absolute atomic E-state index is 13.7. The first kappa shape index (κ1) is 24.1. The molecule has 3 aromatic carbocycles. The van der Waals surface area contributed by atoms with Crippen LogP contribution in [0.15, 0.2) is 66.7 Å². The molecule has 3 aromatic rings. The molecule has 0 N–H and O–H groups in total. The lowest BCUT2D eigenvalue weighted by Gasteiger charge is -2.18. The first-order valence-electron chi connectivity index (χ1n) is 10.1. The van der Waals surface area contributed by atoms with Crippen LogP contribution >= 0.6 is 23.2 Å². The average molecular weight is 500 g/mol. The van der Waals surface area contributed by atoms with Gasteiger partial charge in [0.1, 0.15) is 7.85 Å². The summed E-state index contributed by atoms with van der Waals surface area (Å²) >= 11 is 11.8. The number of carbonyl (C=O) groups excluding carboxylic acids is 2. The minimum Gasteiger partial charge on any atom is -0.270 e. The zero-order valence-electron chi connectivity index (χ0n) is 17.4. The van der Waals surface area contributed by atoms with Crippen molar-refractivity contribution in [2.45, 2.75) is 18.6 Å². The van der Waals surface area contributed by atoms with E-state index in [1.807, 2.05) is 0 Å². The molecule has 0 saturated heterocycles. The number of benzene rings is 3. The summed E-state index contributed by atoms with van der Waals surface area (Å²) in [6.45, 7) is -0.0473. The number of hydrogen-bond donors (Lipinski definition) is 0. The molecular formula is C25H15BCl2F3NO2. The van der Waals surface area contributed by atoms with Gasteiger partial charge in [-0.15, -0.1) is 0 Å². The van der Waals surface area contributed by atoms with Gasteiger partial charge in [0.2, 0.25) is 0 Å². The number of carbonyl (C=O) groups is 2. The standard InChI is InChI=1S/C25H15BCl2F3NO2/c26-22-9-14(6-8-21(25(29,30)31)16-10-17(27)12-18(28)11-16)5-7-15(22)13-32-23(33)19-3-1-2-4-20(19)24(32)34/h1-12,21H,13H2/b8-6+. The van der Waals surface area contributed by atoms with Crippen LogP contribution in [0.4, 0.5) is 13.2 Å². The van der Waals surface area contributed by atoms with Gasteiger partial charge in [-0.25, -0.2) is 0 Å². The second-order valence-corrected chi connectivity index (χ2v) is 8.65. The largest absolute Gasteiger partial charge is 0.399 e. The summed E-state index contributed by atoms with van der Waals surface area (Å²) in [5, 5.41) is 0.207. The molecule has 0 aromatic heterocycles. The molecular weight excluding hydrogens is 485 g/mol. The summed E-state index contributed by atoms with van der Waals surface area (Å²) in [6.07, 6.45) is -2.27. The van der Waals surface area contributed by atoms with Crippen LogP contribution in [-0.2, 0) is 6.54 Å². The molecule has 0 fully saturated rings. The smallest absolute Gasteiger partial charge is 0.270 e. The Morgan fingerprint density at radius 2 is 1.50 bits per heavy atom. The van der Waals surface area contributed by atoms with E-state index in [1.165, 1.54) is 30.3 Å². The van der Waals surface area contributed by atoms with Gasteiger partial charge in [-0.3, -0.25) is 14.5 Å². The SMILES string of the molecule is [B]c1cc(/C=C/C(c2cc(Cl)cc(Cl)c2)C(F)(F)F)ccc1CN1C(=O)c2ccccc2C1=O. The summed E-state index contributed by atoms with van der Waals surface area (Å²) < 4.78 is 41.1. The Bertz CT molecular complexity index is 1270. The lowest BCUT2D eigenvalue weighted by molar-refractivity contribution is -0.139. The predicted molar refractivity (Wildman–Crippen MR) is 127 cm³/mol. The van der Waals surface area contributed by atoms with Crippen LogP contribution < -0.4 is 5.46 Å². The van der Waals surface area contributed by atoms with E-state index in [-0.39, 0.29) is 27.6 Å². The molecule has 1 heterocycles. The minimum absolute atomic E-state index is 0.0473. The van der Waals surface area contributed by atoms with Gasteiger partial charge in [-0.1, -0.05) is 71.1 Å². The first-order valence-corrected chi connectivity index (χ1v) is 10.8. The monoisotopic (exact) mass is 499 g/mol. The first-order chi connectivity index (χ1) is 16.0. The van der Waals surface area contributed by atoms with Crippen LogP contribution in [0.2, 0.25) is 10.0 Å². The van der Waals surface area contributed by atoms with Gasteiger partial charge in [0, 0.05) is 10.0 Å². The third-order valence-corrected chi connectivity index (χ3v) is 5.89. The molecule has 3 nitrogen and oxygen atoms in total. The Balaban J connectivity index is 1.56. The third kappa shape index (κ3) is 4.91. The van der Waals surface area contributed by atoms with Gasteiger partial charge in [-0.05, 0) is 47.0 Å². The highest BCUT2D eigenvalue weighted by atomic mass is 35.5. The fourth-order valence-electron chi connectivity index (χ4n) is 3.79. The average Bonchev–Trinajstić information content (AvgIpc) is 2.99. The lowest BCUT2D eigenvalue weighted by Crippen LogP contribution is -2.31. The van der Waals surface area contributed by atoms with E-state index in [2.05, 4.69) is 0 Å². The van der Waals surface area contributed by atoms with Crippen molar-refractivity contribution in [1.29, 1.82) is 0 Å². The zero-order chi connectivity index (χ0) is 24.6. The van der Waals surface area contributed by atoms with Crippen LogP contribution in [0.3, 0.4) is 0 Å². The Labute approximate surface area is 205 Å². The second-order valence-electron chi connectivity index (χ2n) is 7.78. The van der Waals surface area contributed by atoms with Gasteiger partial charge >= 0.3 is 6.18 Å². The van der Waals surface area contributed by atoms with Crippen LogP contribution in [0.5, 0.6) is 0 Å². The number of fused-ring (bicyclic) bond motifs is 1. The highest BCUT2D eigenvalue weighted by molar-refractivity contribution is 6.34. The number of hydrogen-bond acceptors (Lipinski definition) is 2. The van der Waals surface area contributed by atoms with Gasteiger partial charge in [0.25, 0.3) is 11.8 Å². The minimum atomic E-state index is -4.57. The van der Waals surface area contributed by atoms with Crippen molar-refractivity contribution in [3.8, 4) is 0 Å². The Hall–Kier alpha value is -3.03. The fourth-order valence-corrected chi connectivity index (χ4v) is 4.33. The van der Waals surface area contributed by atoms with E-state index >= 15 is 0 Å². The van der Waals surface area contributed by atoms with Crippen LogP contribution in [-0.4, -0.2) is 30.7 Å². The number of amides is 2. The summed E-state index contributed by atoms with van der Waals surface area (Å²) in [6, 6.07) is 14.9. The summed E-state index contributed by atoms with van der Waals surface area (Å²) in [4.78, 5) is 26.2. The second kappa shape index (κ2) is 9.32. The highest BCUT2D eigenvalue weighted by Crippen LogP contribution is 2.38. The molecule has 1 unspecified atom stereocenters. The van der Waals surface area contributed by atoms with Gasteiger partial charge in [-0.2, -0.15) is 13.2 Å². The maximum atomic E-state index is 13.7. The number of allylic oxidation sites excluding steroid dienone is 1. The quantitative estimate of drug-likeness (QED) is 0.321. The normalized spacial score (nSPS) is 14.7. The Morgan fingerprint density at radius 3 is 2.03 bits per heavy atom. The van der Waals surface area contributed by atoms with E-state index in [1.54, 1.807) is 36.4 Å². The Kier molecular flexibility index (Phi) is 6.61.